The zero-order chi connectivity index (χ0) is 49.1. The predicted molar refractivity (Wildman–Crippen MR) is 313 cm³/mol. The molecule has 4 heterocycles. The minimum Gasteiger partial charge on any atom is -0.456 e. The number of para-hydroxylation sites is 3. The Labute approximate surface area is 430 Å². The monoisotopic (exact) mass is 957 g/mol. The molecule has 0 aliphatic heterocycles. The molecule has 0 bridgehead atoms. The van der Waals surface area contributed by atoms with Gasteiger partial charge in [-0.05, 0) is 130 Å². The van der Waals surface area contributed by atoms with Gasteiger partial charge in [0.25, 0.3) is 0 Å². The fraction of sp³-hybridized carbons (Fsp3) is 0. The van der Waals surface area contributed by atoms with Crippen LogP contribution in [0.4, 0.5) is 34.1 Å². The van der Waals surface area contributed by atoms with E-state index in [-0.39, 0.29) is 0 Å². The molecule has 0 spiro atoms. The normalized spacial score (nSPS) is 12.0. The second-order valence-corrected chi connectivity index (χ2v) is 19.6. The van der Waals surface area contributed by atoms with Gasteiger partial charge in [0, 0.05) is 55.1 Å². The number of anilines is 6. The molecule has 0 aliphatic carbocycles. The molecule has 12 aromatic carbocycles. The lowest BCUT2D eigenvalue weighted by molar-refractivity contribution is 0.668. The van der Waals surface area contributed by atoms with Crippen molar-refractivity contribution < 1.29 is 8.83 Å². The van der Waals surface area contributed by atoms with Crippen molar-refractivity contribution in [2.24, 2.45) is 0 Å². The van der Waals surface area contributed by atoms with Crippen molar-refractivity contribution in [2.75, 3.05) is 9.80 Å². The van der Waals surface area contributed by atoms with Gasteiger partial charge in [-0.15, -0.1) is 0 Å². The Balaban J connectivity index is 0.921. The van der Waals surface area contributed by atoms with Crippen LogP contribution < -0.4 is 9.80 Å². The van der Waals surface area contributed by atoms with Gasteiger partial charge < -0.3 is 23.0 Å². The fourth-order valence-electron chi connectivity index (χ4n) is 12.2. The second-order valence-electron chi connectivity index (χ2n) is 19.6. The van der Waals surface area contributed by atoms with Crippen molar-refractivity contribution in [3.8, 4) is 22.3 Å². The van der Waals surface area contributed by atoms with Gasteiger partial charge in [0.15, 0.2) is 0 Å². The number of aromatic nitrogens is 1. The van der Waals surface area contributed by atoms with Gasteiger partial charge in [0.05, 0.1) is 38.7 Å². The van der Waals surface area contributed by atoms with Crippen LogP contribution in [0.1, 0.15) is 0 Å². The predicted octanol–water partition coefficient (Wildman–Crippen LogP) is 20.1. The second kappa shape index (κ2) is 16.2. The zero-order valence-corrected chi connectivity index (χ0v) is 40.5. The van der Waals surface area contributed by atoms with Crippen molar-refractivity contribution in [1.29, 1.82) is 0 Å². The SMILES string of the molecule is c1ccc(-c2ccc(N(c3ccc4cc5c6ccc(N(c7ccc(-c8ccccc8)cc7)c7cccc8oc9ccccc9c78)cc6n6c7ccccc7c(c4c3)c56)c3cccc4oc5ccccc5c34)cc2)cc1. The first-order chi connectivity index (χ1) is 37.2. The summed E-state index contributed by atoms with van der Waals surface area (Å²) in [7, 11) is 0. The first kappa shape index (κ1) is 41.5. The van der Waals surface area contributed by atoms with E-state index in [2.05, 4.69) is 263 Å². The molecule has 0 N–H and O–H groups in total. The molecule has 0 unspecified atom stereocenters. The number of fused-ring (bicyclic) bond motifs is 14. The standard InChI is InChI=1S/C70H43N3O2/c1-3-15-44(16-4-1)46-29-34-49(35-30-46)71(60-23-13-27-65-68(60)55-20-8-11-25-63(55)74-65)51-38-33-48-41-58-53-40-39-52(43-62(53)73-59-22-10-7-19-54(59)67(70(58)73)57(48)42-51)72(50-36-31-47(32-37-50)45-17-5-2-6-18-45)61-24-14-28-66-69(61)56-21-9-12-26-64(56)75-66/h1-43H. The lowest BCUT2D eigenvalue weighted by Gasteiger charge is -2.27. The number of rotatable bonds is 8. The molecule has 0 saturated carbocycles. The van der Waals surface area contributed by atoms with Gasteiger partial charge in [-0.1, -0.05) is 164 Å². The summed E-state index contributed by atoms with van der Waals surface area (Å²) in [4.78, 5) is 4.81. The van der Waals surface area contributed by atoms with E-state index in [4.69, 9.17) is 8.83 Å². The lowest BCUT2D eigenvalue weighted by atomic mass is 9.98. The van der Waals surface area contributed by atoms with Crippen LogP contribution >= 0.6 is 0 Å². The maximum Gasteiger partial charge on any atom is 0.137 e. The number of nitrogens with zero attached hydrogens (tertiary/aromatic N) is 3. The van der Waals surface area contributed by atoms with Crippen molar-refractivity contribution in [3.05, 3.63) is 261 Å². The molecule has 0 saturated heterocycles. The van der Waals surface area contributed by atoms with Gasteiger partial charge in [-0.25, -0.2) is 0 Å². The van der Waals surface area contributed by atoms with Crippen LogP contribution in [0.2, 0.25) is 0 Å². The highest BCUT2D eigenvalue weighted by Crippen LogP contribution is 2.50. The van der Waals surface area contributed by atoms with Gasteiger partial charge >= 0.3 is 0 Å². The summed E-state index contributed by atoms with van der Waals surface area (Å²) in [5.41, 5.74) is 18.1. The molecule has 0 atom stereocenters. The van der Waals surface area contributed by atoms with Crippen LogP contribution in [0.3, 0.4) is 0 Å². The molecule has 0 radical (unpaired) electrons. The summed E-state index contributed by atoms with van der Waals surface area (Å²) in [5.74, 6) is 0. The third-order valence-electron chi connectivity index (χ3n) is 15.5. The van der Waals surface area contributed by atoms with E-state index in [1.807, 2.05) is 12.1 Å². The molecule has 5 nitrogen and oxygen atoms in total. The van der Waals surface area contributed by atoms with E-state index < -0.39 is 0 Å². The van der Waals surface area contributed by atoms with Gasteiger partial charge in [0.1, 0.15) is 22.3 Å². The number of hydrogen-bond donors (Lipinski definition) is 0. The van der Waals surface area contributed by atoms with E-state index in [0.29, 0.717) is 0 Å². The van der Waals surface area contributed by atoms with E-state index in [1.54, 1.807) is 0 Å². The molecular weight excluding hydrogens is 915 g/mol. The number of furan rings is 2. The summed E-state index contributed by atoms with van der Waals surface area (Å²) >= 11 is 0. The third kappa shape index (κ3) is 6.32. The Morgan fingerprint density at radius 2 is 0.733 bits per heavy atom. The van der Waals surface area contributed by atoms with Gasteiger partial charge in [0.2, 0.25) is 0 Å². The van der Waals surface area contributed by atoms with Crippen LogP contribution in [0, 0.1) is 0 Å². The van der Waals surface area contributed by atoms with Gasteiger partial charge in [-0.3, -0.25) is 0 Å². The maximum absolute atomic E-state index is 6.51. The molecule has 350 valence electrons. The highest BCUT2D eigenvalue weighted by Gasteiger charge is 2.26. The molecule has 0 fully saturated rings. The molecule has 16 aromatic rings. The summed E-state index contributed by atoms with van der Waals surface area (Å²) in [6.45, 7) is 0. The zero-order valence-electron chi connectivity index (χ0n) is 40.5. The molecule has 0 amide bonds. The first-order valence-electron chi connectivity index (χ1n) is 25.6. The highest BCUT2D eigenvalue weighted by atomic mass is 16.3. The number of benzene rings is 12. The van der Waals surface area contributed by atoms with Crippen LogP contribution in [0.15, 0.2) is 270 Å². The third-order valence-corrected chi connectivity index (χ3v) is 15.5. The van der Waals surface area contributed by atoms with Crippen LogP contribution in [-0.4, -0.2) is 4.40 Å². The molecule has 16 rings (SSSR count). The molecule has 0 aliphatic rings. The Hall–Kier alpha value is -10.1. The smallest absolute Gasteiger partial charge is 0.137 e. The van der Waals surface area contributed by atoms with E-state index >= 15 is 0 Å². The van der Waals surface area contributed by atoms with E-state index in [0.717, 1.165) is 83.5 Å². The number of hydrogen-bond acceptors (Lipinski definition) is 4. The lowest BCUT2D eigenvalue weighted by Crippen LogP contribution is -2.10. The largest absolute Gasteiger partial charge is 0.456 e. The quantitative estimate of drug-likeness (QED) is 0.152. The van der Waals surface area contributed by atoms with Crippen molar-refractivity contribution >= 4 is 127 Å². The van der Waals surface area contributed by atoms with Gasteiger partial charge in [-0.2, -0.15) is 0 Å². The van der Waals surface area contributed by atoms with E-state index in [1.165, 1.54) is 65.6 Å². The summed E-state index contributed by atoms with van der Waals surface area (Å²) in [6.07, 6.45) is 0. The molecule has 5 heteroatoms. The van der Waals surface area contributed by atoms with Crippen LogP contribution in [0.25, 0.3) is 115 Å². The average Bonchev–Trinajstić information content (AvgIpc) is 4.36. The Kier molecular flexibility index (Phi) is 8.97. The average molecular weight is 958 g/mol. The van der Waals surface area contributed by atoms with Crippen LogP contribution in [0.5, 0.6) is 0 Å². The molecule has 75 heavy (non-hydrogen) atoms. The minimum atomic E-state index is 0.856. The van der Waals surface area contributed by atoms with Crippen molar-refractivity contribution in [2.45, 2.75) is 0 Å². The summed E-state index contributed by atoms with van der Waals surface area (Å²) in [6, 6.07) is 94.0. The summed E-state index contributed by atoms with van der Waals surface area (Å²) in [5, 5.41) is 11.6. The topological polar surface area (TPSA) is 37.2 Å². The molecular formula is C70H43N3O2. The Morgan fingerprint density at radius 1 is 0.267 bits per heavy atom. The molecule has 4 aromatic heterocycles. The fourth-order valence-corrected chi connectivity index (χ4v) is 12.2. The Bertz CT molecular complexity index is 4650. The van der Waals surface area contributed by atoms with E-state index in [9.17, 15) is 0 Å². The first-order valence-corrected chi connectivity index (χ1v) is 25.6. The van der Waals surface area contributed by atoms with Crippen molar-refractivity contribution in [1.82, 2.24) is 4.40 Å². The minimum absolute atomic E-state index is 0.856. The summed E-state index contributed by atoms with van der Waals surface area (Å²) < 4.78 is 15.5. The maximum atomic E-state index is 6.51. The highest BCUT2D eigenvalue weighted by molar-refractivity contribution is 6.32. The Morgan fingerprint density at radius 3 is 1.32 bits per heavy atom. The van der Waals surface area contributed by atoms with Crippen LogP contribution in [-0.2, 0) is 0 Å². The van der Waals surface area contributed by atoms with Crippen molar-refractivity contribution in [3.63, 3.8) is 0 Å².